The van der Waals surface area contributed by atoms with Crippen molar-refractivity contribution in [3.05, 3.63) is 34.7 Å². The van der Waals surface area contributed by atoms with Gasteiger partial charge < -0.3 is 4.74 Å². The van der Waals surface area contributed by atoms with Crippen LogP contribution in [0.5, 0.6) is 0 Å². The number of carbonyl (C=O) groups excluding carboxylic acids is 3. The SMILES string of the molecule is CCOC(=O)C1=NN(N=O)[C@]2(CC(=O)N(c3ccc(CC)cc3)C2=O)C1. The van der Waals surface area contributed by atoms with E-state index in [4.69, 9.17) is 4.74 Å². The Hall–Kier alpha value is -3.10. The van der Waals surface area contributed by atoms with E-state index < -0.39 is 23.3 Å². The number of rotatable bonds is 5. The monoisotopic (exact) mass is 358 g/mol. The van der Waals surface area contributed by atoms with Crippen LogP contribution in [0.3, 0.4) is 0 Å². The molecule has 2 aliphatic rings. The zero-order valence-electron chi connectivity index (χ0n) is 14.5. The number of hydrazone groups is 1. The Morgan fingerprint density at radius 1 is 1.23 bits per heavy atom. The van der Waals surface area contributed by atoms with Crippen LogP contribution in [0, 0.1) is 4.91 Å². The molecule has 0 N–H and O–H groups in total. The van der Waals surface area contributed by atoms with Crippen LogP contribution in [0.2, 0.25) is 0 Å². The Labute approximate surface area is 149 Å². The van der Waals surface area contributed by atoms with Crippen LogP contribution in [0.25, 0.3) is 0 Å². The number of benzene rings is 1. The summed E-state index contributed by atoms with van der Waals surface area (Å²) in [5.41, 5.74) is -0.238. The molecule has 136 valence electrons. The van der Waals surface area contributed by atoms with E-state index in [-0.39, 0.29) is 25.2 Å². The molecule has 9 heteroatoms. The molecule has 26 heavy (non-hydrogen) atoms. The number of nitroso groups, excluding NO2 is 1. The molecule has 1 spiro atoms. The molecule has 0 unspecified atom stereocenters. The van der Waals surface area contributed by atoms with E-state index in [2.05, 4.69) is 10.4 Å². The third-order valence-corrected chi connectivity index (χ3v) is 4.54. The molecule has 1 fully saturated rings. The summed E-state index contributed by atoms with van der Waals surface area (Å²) in [7, 11) is 0. The molecule has 1 atom stereocenters. The molecule has 0 aliphatic carbocycles. The van der Waals surface area contributed by atoms with Gasteiger partial charge in [0.05, 0.1) is 24.0 Å². The van der Waals surface area contributed by atoms with Crippen molar-refractivity contribution >= 4 is 29.2 Å². The van der Waals surface area contributed by atoms with Crippen LogP contribution in [-0.4, -0.2) is 40.8 Å². The van der Waals surface area contributed by atoms with Crippen LogP contribution in [0.15, 0.2) is 34.7 Å². The highest BCUT2D eigenvalue weighted by atomic mass is 16.5. The molecule has 1 aromatic carbocycles. The molecule has 9 nitrogen and oxygen atoms in total. The van der Waals surface area contributed by atoms with E-state index >= 15 is 0 Å². The second-order valence-corrected chi connectivity index (χ2v) is 6.08. The van der Waals surface area contributed by atoms with Crippen molar-refractivity contribution in [2.45, 2.75) is 38.6 Å². The highest BCUT2D eigenvalue weighted by Gasteiger charge is 2.61. The molecule has 2 amide bonds. The minimum absolute atomic E-state index is 0.101. The molecule has 2 aliphatic heterocycles. The van der Waals surface area contributed by atoms with Crippen molar-refractivity contribution in [2.75, 3.05) is 11.5 Å². The number of hydrogen-bond acceptors (Lipinski definition) is 7. The smallest absolute Gasteiger partial charge is 0.354 e. The molecular weight excluding hydrogens is 340 g/mol. The average molecular weight is 358 g/mol. The zero-order valence-corrected chi connectivity index (χ0v) is 14.5. The number of ether oxygens (including phenoxy) is 1. The lowest BCUT2D eigenvalue weighted by molar-refractivity contribution is -0.135. The van der Waals surface area contributed by atoms with Crippen LogP contribution >= 0.6 is 0 Å². The van der Waals surface area contributed by atoms with Crippen molar-refractivity contribution in [1.82, 2.24) is 5.12 Å². The van der Waals surface area contributed by atoms with Gasteiger partial charge >= 0.3 is 5.97 Å². The highest BCUT2D eigenvalue weighted by Crippen LogP contribution is 2.40. The van der Waals surface area contributed by atoms with Crippen molar-refractivity contribution in [3.63, 3.8) is 0 Å². The van der Waals surface area contributed by atoms with Gasteiger partial charge in [0.25, 0.3) is 5.91 Å². The van der Waals surface area contributed by atoms with Crippen LogP contribution < -0.4 is 4.90 Å². The highest BCUT2D eigenvalue weighted by molar-refractivity contribution is 6.39. The van der Waals surface area contributed by atoms with Gasteiger partial charge in [-0.1, -0.05) is 19.1 Å². The number of imide groups is 1. The number of nitrogens with zero attached hydrogens (tertiary/aromatic N) is 4. The lowest BCUT2D eigenvalue weighted by Crippen LogP contribution is -2.48. The molecule has 3 rings (SSSR count). The Kier molecular flexibility index (Phi) is 4.54. The quantitative estimate of drug-likeness (QED) is 0.449. The Morgan fingerprint density at radius 3 is 2.50 bits per heavy atom. The molecule has 1 aromatic rings. The van der Waals surface area contributed by atoms with Gasteiger partial charge in [-0.25, -0.2) is 9.69 Å². The normalized spacial score (nSPS) is 22.2. The lowest BCUT2D eigenvalue weighted by atomic mass is 9.92. The summed E-state index contributed by atoms with van der Waals surface area (Å²) in [6.45, 7) is 3.75. The summed E-state index contributed by atoms with van der Waals surface area (Å²) < 4.78 is 4.87. The van der Waals surface area contributed by atoms with Gasteiger partial charge in [0.2, 0.25) is 5.91 Å². The number of amides is 2. The summed E-state index contributed by atoms with van der Waals surface area (Å²) in [4.78, 5) is 49.7. The first-order chi connectivity index (χ1) is 12.5. The summed E-state index contributed by atoms with van der Waals surface area (Å²) in [5, 5.41) is 7.17. The first-order valence-electron chi connectivity index (χ1n) is 8.31. The third-order valence-electron chi connectivity index (χ3n) is 4.54. The first kappa shape index (κ1) is 17.7. The molecule has 0 saturated carbocycles. The maximum atomic E-state index is 13.0. The van der Waals surface area contributed by atoms with Gasteiger partial charge in [-0.2, -0.15) is 0 Å². The third kappa shape index (κ3) is 2.65. The Bertz CT molecular complexity index is 804. The summed E-state index contributed by atoms with van der Waals surface area (Å²) in [6, 6.07) is 7.00. The largest absolute Gasteiger partial charge is 0.461 e. The fourth-order valence-corrected chi connectivity index (χ4v) is 3.18. The Morgan fingerprint density at radius 2 is 1.92 bits per heavy atom. The summed E-state index contributed by atoms with van der Waals surface area (Å²) in [5.74, 6) is -1.84. The standard InChI is InChI=1S/C17H18N4O5/c1-3-11-5-7-12(8-6-11)20-14(22)10-17(16(20)24)9-13(15(23)26-4-2)18-21(17)19-25/h5-8H,3-4,9-10H2,1-2H3/t17-/m0/s1. The second kappa shape index (κ2) is 6.66. The van der Waals surface area contributed by atoms with Gasteiger partial charge in [0.15, 0.2) is 11.3 Å². The van der Waals surface area contributed by atoms with Gasteiger partial charge in [-0.3, -0.25) is 9.59 Å². The van der Waals surface area contributed by atoms with Crippen molar-refractivity contribution in [1.29, 1.82) is 0 Å². The number of esters is 1. The van der Waals surface area contributed by atoms with Crippen LogP contribution in [-0.2, 0) is 25.5 Å². The molecule has 0 radical (unpaired) electrons. The zero-order chi connectivity index (χ0) is 18.9. The van der Waals surface area contributed by atoms with E-state index in [0.29, 0.717) is 10.8 Å². The molecule has 2 heterocycles. The lowest BCUT2D eigenvalue weighted by Gasteiger charge is -2.24. The van der Waals surface area contributed by atoms with Gasteiger partial charge in [0, 0.05) is 6.42 Å². The van der Waals surface area contributed by atoms with Crippen LogP contribution in [0.1, 0.15) is 32.3 Å². The summed E-state index contributed by atoms with van der Waals surface area (Å²) in [6.07, 6.45) is 0.330. The molecule has 1 saturated heterocycles. The Balaban J connectivity index is 1.92. The van der Waals surface area contributed by atoms with Crippen molar-refractivity contribution < 1.29 is 19.1 Å². The number of carbonyl (C=O) groups is 3. The van der Waals surface area contributed by atoms with Crippen molar-refractivity contribution in [2.24, 2.45) is 10.4 Å². The van der Waals surface area contributed by atoms with Gasteiger partial charge in [0.1, 0.15) is 0 Å². The fourth-order valence-electron chi connectivity index (χ4n) is 3.18. The van der Waals surface area contributed by atoms with Crippen LogP contribution in [0.4, 0.5) is 5.69 Å². The fraction of sp³-hybridized carbons (Fsp3) is 0.412. The van der Waals surface area contributed by atoms with Crippen molar-refractivity contribution in [3.8, 4) is 0 Å². The predicted octanol–water partition coefficient (Wildman–Crippen LogP) is 1.56. The molecular formula is C17H18N4O5. The van der Waals surface area contributed by atoms with E-state index in [1.54, 1.807) is 19.1 Å². The second-order valence-electron chi connectivity index (χ2n) is 6.08. The topological polar surface area (TPSA) is 109 Å². The van der Waals surface area contributed by atoms with E-state index in [1.165, 1.54) is 0 Å². The minimum atomic E-state index is -1.61. The first-order valence-corrected chi connectivity index (χ1v) is 8.31. The number of aryl methyl sites for hydroxylation is 1. The van der Waals surface area contributed by atoms with Gasteiger partial charge in [-0.05, 0) is 31.0 Å². The molecule has 0 aromatic heterocycles. The van der Waals surface area contributed by atoms with E-state index in [0.717, 1.165) is 16.9 Å². The maximum absolute atomic E-state index is 13.0. The molecule has 0 bridgehead atoms. The van der Waals surface area contributed by atoms with E-state index in [1.807, 2.05) is 19.1 Å². The number of hydrogen-bond donors (Lipinski definition) is 0. The van der Waals surface area contributed by atoms with E-state index in [9.17, 15) is 19.3 Å². The maximum Gasteiger partial charge on any atom is 0.354 e. The van der Waals surface area contributed by atoms with Gasteiger partial charge in [-0.15, -0.1) is 15.1 Å². The number of anilines is 1. The minimum Gasteiger partial charge on any atom is -0.461 e. The predicted molar refractivity (Wildman–Crippen MR) is 92.0 cm³/mol. The average Bonchev–Trinajstić information content (AvgIpc) is 3.13. The summed E-state index contributed by atoms with van der Waals surface area (Å²) >= 11 is 0.